The molecule has 0 spiro atoms. The second kappa shape index (κ2) is 11.1. The van der Waals surface area contributed by atoms with E-state index in [1.807, 2.05) is 91.0 Å². The molecule has 4 aromatic rings. The second-order valence-corrected chi connectivity index (χ2v) is 8.79. The van der Waals surface area contributed by atoms with Crippen LogP contribution >= 0.6 is 11.6 Å². The molecule has 0 aromatic heterocycles. The van der Waals surface area contributed by atoms with Crippen molar-refractivity contribution in [2.45, 2.75) is 17.9 Å². The maximum Gasteiger partial charge on any atom is 0.326 e. The Bertz CT molecular complexity index is 1230. The topological polar surface area (TPSA) is 75.6 Å². The van der Waals surface area contributed by atoms with Crippen molar-refractivity contribution in [3.63, 3.8) is 0 Å². The minimum Gasteiger partial charge on any atom is -0.495 e. The Labute approximate surface area is 215 Å². The number of carboxylic acids is 1. The van der Waals surface area contributed by atoms with E-state index in [0.717, 1.165) is 16.7 Å². The van der Waals surface area contributed by atoms with Gasteiger partial charge in [-0.25, -0.2) is 4.79 Å². The number of hydrogen-bond donors (Lipinski definition) is 2. The number of aliphatic carboxylic acids is 1. The van der Waals surface area contributed by atoms with Gasteiger partial charge in [0.2, 0.25) is 5.91 Å². The van der Waals surface area contributed by atoms with E-state index >= 15 is 0 Å². The molecule has 0 aliphatic carbocycles. The van der Waals surface area contributed by atoms with Crippen LogP contribution in [-0.4, -0.2) is 30.1 Å². The van der Waals surface area contributed by atoms with Gasteiger partial charge in [0.15, 0.2) is 0 Å². The number of carbonyl (C=O) groups excluding carboxylic acids is 1. The lowest BCUT2D eigenvalue weighted by Gasteiger charge is -2.35. The van der Waals surface area contributed by atoms with Crippen LogP contribution in [0.2, 0.25) is 5.02 Å². The van der Waals surface area contributed by atoms with Gasteiger partial charge in [-0.05, 0) is 34.4 Å². The van der Waals surface area contributed by atoms with Crippen LogP contribution in [0.1, 0.15) is 22.3 Å². The van der Waals surface area contributed by atoms with Gasteiger partial charge >= 0.3 is 5.97 Å². The molecule has 182 valence electrons. The van der Waals surface area contributed by atoms with Crippen molar-refractivity contribution in [1.29, 1.82) is 0 Å². The van der Waals surface area contributed by atoms with Crippen molar-refractivity contribution in [3.8, 4) is 5.75 Å². The Morgan fingerprint density at radius 3 is 1.69 bits per heavy atom. The molecule has 4 rings (SSSR count). The molecule has 0 saturated carbocycles. The van der Waals surface area contributed by atoms with Gasteiger partial charge in [-0.2, -0.15) is 0 Å². The fourth-order valence-electron chi connectivity index (χ4n) is 4.50. The number of amides is 1. The molecule has 0 saturated heterocycles. The van der Waals surface area contributed by atoms with Crippen LogP contribution in [0.25, 0.3) is 0 Å². The molecule has 0 fully saturated rings. The zero-order valence-corrected chi connectivity index (χ0v) is 20.5. The highest BCUT2D eigenvalue weighted by Crippen LogP contribution is 2.39. The molecule has 0 unspecified atom stereocenters. The summed E-state index contributed by atoms with van der Waals surface area (Å²) in [5.74, 6) is -1.08. The van der Waals surface area contributed by atoms with E-state index in [1.54, 1.807) is 18.2 Å². The number of ether oxygens (including phenoxy) is 1. The van der Waals surface area contributed by atoms with Crippen molar-refractivity contribution in [2.75, 3.05) is 7.11 Å². The van der Waals surface area contributed by atoms with Crippen LogP contribution in [-0.2, 0) is 21.4 Å². The van der Waals surface area contributed by atoms with E-state index in [-0.39, 0.29) is 6.42 Å². The third-order valence-electron chi connectivity index (χ3n) is 6.22. The SMILES string of the molecule is COc1ccc(C[C@H](NC(=O)C(c2ccccc2)(c2ccccc2)c2ccccc2)C(=O)O)cc1Cl. The van der Waals surface area contributed by atoms with Crippen molar-refractivity contribution >= 4 is 23.5 Å². The number of hydrogen-bond acceptors (Lipinski definition) is 3. The van der Waals surface area contributed by atoms with Crippen molar-refractivity contribution in [2.24, 2.45) is 0 Å². The van der Waals surface area contributed by atoms with Gasteiger partial charge in [0.1, 0.15) is 17.2 Å². The van der Waals surface area contributed by atoms with Gasteiger partial charge in [-0.1, -0.05) is 109 Å². The summed E-state index contributed by atoms with van der Waals surface area (Å²) in [6, 6.07) is 32.1. The quantitative estimate of drug-likeness (QED) is 0.298. The fraction of sp³-hybridized carbons (Fsp3) is 0.133. The Balaban J connectivity index is 1.81. The van der Waals surface area contributed by atoms with Crippen molar-refractivity contribution < 1.29 is 19.4 Å². The molecule has 0 aliphatic heterocycles. The number of nitrogens with one attached hydrogen (secondary N) is 1. The third-order valence-corrected chi connectivity index (χ3v) is 6.52. The smallest absolute Gasteiger partial charge is 0.326 e. The lowest BCUT2D eigenvalue weighted by Crippen LogP contribution is -2.52. The average molecular weight is 500 g/mol. The van der Waals surface area contributed by atoms with Crippen LogP contribution in [0.5, 0.6) is 5.75 Å². The van der Waals surface area contributed by atoms with Crippen molar-refractivity contribution in [1.82, 2.24) is 5.32 Å². The van der Waals surface area contributed by atoms with E-state index in [4.69, 9.17) is 16.3 Å². The standard InChI is InChI=1S/C30H26ClNO4/c1-36-27-18-17-21(19-25(27)31)20-26(28(33)34)32-29(35)30(22-11-5-2-6-12-22,23-13-7-3-8-14-23)24-15-9-4-10-16-24/h2-19,26H,20H2,1H3,(H,32,35)(H,33,34)/t26-/m0/s1. The largest absolute Gasteiger partial charge is 0.495 e. The zero-order valence-electron chi connectivity index (χ0n) is 19.7. The summed E-state index contributed by atoms with van der Waals surface area (Å²) < 4.78 is 5.19. The molecule has 2 N–H and O–H groups in total. The van der Waals surface area contributed by atoms with Crippen LogP contribution in [0.3, 0.4) is 0 Å². The number of rotatable bonds is 9. The number of benzene rings is 4. The van der Waals surface area contributed by atoms with Gasteiger partial charge < -0.3 is 15.2 Å². The first-order valence-corrected chi connectivity index (χ1v) is 11.9. The van der Waals surface area contributed by atoms with Gasteiger partial charge in [-0.15, -0.1) is 0 Å². The maximum absolute atomic E-state index is 14.3. The molecule has 0 heterocycles. The van der Waals surface area contributed by atoms with Crippen LogP contribution < -0.4 is 10.1 Å². The molecular formula is C30H26ClNO4. The first-order chi connectivity index (χ1) is 17.5. The number of halogens is 1. The predicted molar refractivity (Wildman–Crippen MR) is 140 cm³/mol. The Kier molecular flexibility index (Phi) is 7.71. The predicted octanol–water partition coefficient (Wildman–Crippen LogP) is 5.50. The highest BCUT2D eigenvalue weighted by atomic mass is 35.5. The second-order valence-electron chi connectivity index (χ2n) is 8.39. The van der Waals surface area contributed by atoms with Gasteiger partial charge in [0.25, 0.3) is 0 Å². The lowest BCUT2D eigenvalue weighted by atomic mass is 9.68. The minimum absolute atomic E-state index is 0.0548. The Hall–Kier alpha value is -4.09. The average Bonchev–Trinajstić information content (AvgIpc) is 2.91. The highest BCUT2D eigenvalue weighted by molar-refractivity contribution is 6.32. The van der Waals surface area contributed by atoms with Gasteiger partial charge in [0.05, 0.1) is 12.1 Å². The molecule has 36 heavy (non-hydrogen) atoms. The van der Waals surface area contributed by atoms with Crippen LogP contribution in [0.4, 0.5) is 0 Å². The number of carboxylic acid groups (broad SMARTS) is 1. The van der Waals surface area contributed by atoms with E-state index in [0.29, 0.717) is 16.3 Å². The molecule has 1 amide bonds. The Morgan fingerprint density at radius 1 is 0.833 bits per heavy atom. The summed E-state index contributed by atoms with van der Waals surface area (Å²) in [6.07, 6.45) is 0.0548. The van der Waals surface area contributed by atoms with Crippen LogP contribution in [0, 0.1) is 0 Å². The first kappa shape index (κ1) is 25.0. The summed E-state index contributed by atoms with van der Waals surface area (Å²) in [6.45, 7) is 0. The van der Waals surface area contributed by atoms with Gasteiger partial charge in [-0.3, -0.25) is 4.79 Å². The molecule has 0 bridgehead atoms. The van der Waals surface area contributed by atoms with E-state index in [2.05, 4.69) is 5.32 Å². The highest BCUT2D eigenvalue weighted by Gasteiger charge is 2.45. The van der Waals surface area contributed by atoms with E-state index < -0.39 is 23.3 Å². The van der Waals surface area contributed by atoms with Crippen molar-refractivity contribution in [3.05, 3.63) is 136 Å². The number of methoxy groups -OCH3 is 1. The van der Waals surface area contributed by atoms with Crippen LogP contribution in [0.15, 0.2) is 109 Å². The molecular weight excluding hydrogens is 474 g/mol. The molecule has 6 heteroatoms. The summed E-state index contributed by atoms with van der Waals surface area (Å²) >= 11 is 6.25. The molecule has 5 nitrogen and oxygen atoms in total. The minimum atomic E-state index is -1.27. The summed E-state index contributed by atoms with van der Waals surface area (Å²) in [7, 11) is 1.51. The molecule has 1 atom stereocenters. The van der Waals surface area contributed by atoms with Gasteiger partial charge in [0, 0.05) is 6.42 Å². The van der Waals surface area contributed by atoms with E-state index in [1.165, 1.54) is 7.11 Å². The molecule has 4 aromatic carbocycles. The lowest BCUT2D eigenvalue weighted by molar-refractivity contribution is -0.142. The third kappa shape index (κ3) is 4.97. The number of carbonyl (C=O) groups is 2. The Morgan fingerprint density at radius 2 is 1.31 bits per heavy atom. The zero-order chi connectivity index (χ0) is 25.5. The monoisotopic (exact) mass is 499 g/mol. The molecule has 0 radical (unpaired) electrons. The fourth-order valence-corrected chi connectivity index (χ4v) is 4.78. The maximum atomic E-state index is 14.3. The summed E-state index contributed by atoms with van der Waals surface area (Å²) in [4.78, 5) is 26.6. The molecule has 0 aliphatic rings. The normalized spacial score (nSPS) is 11.9. The summed E-state index contributed by atoms with van der Waals surface area (Å²) in [5.41, 5.74) is 1.59. The van der Waals surface area contributed by atoms with E-state index in [9.17, 15) is 14.7 Å². The first-order valence-electron chi connectivity index (χ1n) is 11.5. The summed E-state index contributed by atoms with van der Waals surface area (Å²) in [5, 5.41) is 13.3.